The first-order valence-corrected chi connectivity index (χ1v) is 5.19. The fourth-order valence-electron chi connectivity index (χ4n) is 1.27. The van der Waals surface area contributed by atoms with E-state index in [4.69, 9.17) is 5.11 Å². The van der Waals surface area contributed by atoms with Crippen molar-refractivity contribution in [1.82, 2.24) is 9.88 Å². The number of β-amino-alcohol motifs (C(OH)–C–C–N with tert-alkyl or cyclic N) is 1. The second kappa shape index (κ2) is 3.55. The van der Waals surface area contributed by atoms with Gasteiger partial charge in [0.15, 0.2) is 5.13 Å². The molecule has 0 aliphatic carbocycles. The van der Waals surface area contributed by atoms with Gasteiger partial charge in [0, 0.05) is 25.5 Å². The number of aromatic nitrogens is 1. The van der Waals surface area contributed by atoms with E-state index < -0.39 is 0 Å². The van der Waals surface area contributed by atoms with E-state index in [1.165, 1.54) is 11.3 Å². The third-order valence-corrected chi connectivity index (χ3v) is 2.95. The molecule has 0 spiro atoms. The summed E-state index contributed by atoms with van der Waals surface area (Å²) in [7, 11) is 1.76. The normalized spacial score (nSPS) is 16.6. The number of likely N-dealkylation sites (tertiary alicyclic amines) is 1. The van der Waals surface area contributed by atoms with Crippen LogP contribution in [0.1, 0.15) is 10.5 Å². The van der Waals surface area contributed by atoms with Crippen molar-refractivity contribution in [2.75, 3.05) is 25.5 Å². The van der Waals surface area contributed by atoms with E-state index >= 15 is 0 Å². The van der Waals surface area contributed by atoms with Crippen LogP contribution < -0.4 is 5.32 Å². The molecule has 0 unspecified atom stereocenters. The number of rotatable bonds is 2. The van der Waals surface area contributed by atoms with E-state index in [-0.39, 0.29) is 12.0 Å². The molecule has 2 heterocycles. The molecule has 0 bridgehead atoms. The quantitative estimate of drug-likeness (QED) is 0.726. The first kappa shape index (κ1) is 9.42. The van der Waals surface area contributed by atoms with E-state index in [1.54, 1.807) is 17.3 Å². The molecule has 2 N–H and O–H groups in total. The van der Waals surface area contributed by atoms with Crippen molar-refractivity contribution in [3.63, 3.8) is 0 Å². The largest absolute Gasteiger partial charge is 0.389 e. The zero-order valence-electron chi connectivity index (χ0n) is 7.73. The predicted molar refractivity (Wildman–Crippen MR) is 53.6 cm³/mol. The predicted octanol–water partition coefficient (Wildman–Crippen LogP) is 0.00150. The highest BCUT2D eigenvalue weighted by Crippen LogP contribution is 2.18. The van der Waals surface area contributed by atoms with Crippen molar-refractivity contribution < 1.29 is 9.90 Å². The van der Waals surface area contributed by atoms with Crippen LogP contribution in [0.15, 0.2) is 5.38 Å². The van der Waals surface area contributed by atoms with Crippen LogP contribution in [0.2, 0.25) is 0 Å². The Labute approximate surface area is 85.4 Å². The number of anilines is 1. The average molecular weight is 213 g/mol. The fourth-order valence-corrected chi connectivity index (χ4v) is 1.92. The standard InChI is InChI=1S/C8H11N3O2S/c1-9-8-10-6(4-14-8)7(13)11-2-5(12)3-11/h4-5,12H,2-3H2,1H3,(H,9,10). The number of hydrogen-bond acceptors (Lipinski definition) is 5. The van der Waals surface area contributed by atoms with Crippen molar-refractivity contribution in [1.29, 1.82) is 0 Å². The first-order chi connectivity index (χ1) is 6.70. The Kier molecular flexibility index (Phi) is 2.39. The molecule has 1 amide bonds. The summed E-state index contributed by atoms with van der Waals surface area (Å²) in [6.45, 7) is 0.844. The number of carbonyl (C=O) groups is 1. The van der Waals surface area contributed by atoms with Crippen LogP contribution in [0.3, 0.4) is 0 Å². The second-order valence-electron chi connectivity index (χ2n) is 3.15. The highest BCUT2D eigenvalue weighted by Gasteiger charge is 2.30. The maximum Gasteiger partial charge on any atom is 0.273 e. The number of nitrogens with zero attached hydrogens (tertiary/aromatic N) is 2. The van der Waals surface area contributed by atoms with Gasteiger partial charge in [-0.15, -0.1) is 11.3 Å². The first-order valence-electron chi connectivity index (χ1n) is 4.31. The van der Waals surface area contributed by atoms with Crippen LogP contribution in [-0.4, -0.2) is 47.1 Å². The SMILES string of the molecule is CNc1nc(C(=O)N2CC(O)C2)cs1. The summed E-state index contributed by atoms with van der Waals surface area (Å²) in [4.78, 5) is 17.3. The molecule has 1 aromatic heterocycles. The van der Waals surface area contributed by atoms with Crippen molar-refractivity contribution >= 4 is 22.4 Å². The lowest BCUT2D eigenvalue weighted by Crippen LogP contribution is -2.53. The van der Waals surface area contributed by atoms with E-state index in [0.717, 1.165) is 5.13 Å². The Morgan fingerprint density at radius 1 is 1.79 bits per heavy atom. The van der Waals surface area contributed by atoms with Gasteiger partial charge in [-0.25, -0.2) is 4.98 Å². The van der Waals surface area contributed by atoms with Gasteiger partial charge in [-0.05, 0) is 0 Å². The Hall–Kier alpha value is -1.14. The number of amides is 1. The van der Waals surface area contributed by atoms with E-state index in [9.17, 15) is 4.79 Å². The van der Waals surface area contributed by atoms with Crippen molar-refractivity contribution in [2.24, 2.45) is 0 Å². The number of nitrogens with one attached hydrogen (secondary N) is 1. The van der Waals surface area contributed by atoms with Crippen LogP contribution in [0.5, 0.6) is 0 Å². The number of aliphatic hydroxyl groups excluding tert-OH is 1. The molecule has 0 atom stereocenters. The second-order valence-corrected chi connectivity index (χ2v) is 4.01. The summed E-state index contributed by atoms with van der Waals surface area (Å²) in [5.74, 6) is -0.104. The molecular weight excluding hydrogens is 202 g/mol. The minimum Gasteiger partial charge on any atom is -0.389 e. The topological polar surface area (TPSA) is 65.5 Å². The van der Waals surface area contributed by atoms with Gasteiger partial charge in [0.25, 0.3) is 5.91 Å². The summed E-state index contributed by atoms with van der Waals surface area (Å²) >= 11 is 1.40. The molecule has 6 heteroatoms. The van der Waals surface area contributed by atoms with Gasteiger partial charge in [-0.2, -0.15) is 0 Å². The lowest BCUT2D eigenvalue weighted by atomic mass is 10.1. The van der Waals surface area contributed by atoms with Gasteiger partial charge in [-0.3, -0.25) is 4.79 Å². The minimum atomic E-state index is -0.360. The summed E-state index contributed by atoms with van der Waals surface area (Å²) < 4.78 is 0. The molecule has 1 fully saturated rings. The zero-order chi connectivity index (χ0) is 10.1. The molecule has 1 saturated heterocycles. The van der Waals surface area contributed by atoms with E-state index in [1.807, 2.05) is 0 Å². The van der Waals surface area contributed by atoms with Crippen LogP contribution in [-0.2, 0) is 0 Å². The summed E-state index contributed by atoms with van der Waals surface area (Å²) in [6.07, 6.45) is -0.360. The smallest absolute Gasteiger partial charge is 0.273 e. The molecule has 5 nitrogen and oxygen atoms in total. The number of aliphatic hydroxyl groups is 1. The summed E-state index contributed by atoms with van der Waals surface area (Å²) in [5, 5.41) is 14.4. The molecule has 1 aromatic rings. The van der Waals surface area contributed by atoms with Crippen molar-refractivity contribution in [3.8, 4) is 0 Å². The molecule has 76 valence electrons. The maximum atomic E-state index is 11.6. The highest BCUT2D eigenvalue weighted by molar-refractivity contribution is 7.13. The Morgan fingerprint density at radius 3 is 3.00 bits per heavy atom. The van der Waals surface area contributed by atoms with Gasteiger partial charge >= 0.3 is 0 Å². The van der Waals surface area contributed by atoms with Crippen LogP contribution >= 0.6 is 11.3 Å². The van der Waals surface area contributed by atoms with Gasteiger partial charge < -0.3 is 15.3 Å². The minimum absolute atomic E-state index is 0.104. The zero-order valence-corrected chi connectivity index (χ0v) is 8.54. The van der Waals surface area contributed by atoms with Crippen molar-refractivity contribution in [2.45, 2.75) is 6.10 Å². The number of carbonyl (C=O) groups excluding carboxylic acids is 1. The van der Waals surface area contributed by atoms with Gasteiger partial charge in [0.1, 0.15) is 5.69 Å². The summed E-state index contributed by atoms with van der Waals surface area (Å²) in [5.41, 5.74) is 0.450. The lowest BCUT2D eigenvalue weighted by molar-refractivity contribution is 0.00557. The summed E-state index contributed by atoms with van der Waals surface area (Å²) in [6, 6.07) is 0. The lowest BCUT2D eigenvalue weighted by Gasteiger charge is -2.35. The molecule has 1 aliphatic rings. The Bertz CT molecular complexity index is 346. The van der Waals surface area contributed by atoms with E-state index in [0.29, 0.717) is 18.8 Å². The molecule has 0 radical (unpaired) electrons. The third kappa shape index (κ3) is 1.58. The van der Waals surface area contributed by atoms with Crippen LogP contribution in [0, 0.1) is 0 Å². The molecular formula is C8H11N3O2S. The number of hydrogen-bond donors (Lipinski definition) is 2. The molecule has 2 rings (SSSR count). The maximum absolute atomic E-state index is 11.6. The van der Waals surface area contributed by atoms with Gasteiger partial charge in [0.05, 0.1) is 6.10 Å². The average Bonchev–Trinajstić information content (AvgIpc) is 2.60. The molecule has 1 aliphatic heterocycles. The Morgan fingerprint density at radius 2 is 2.50 bits per heavy atom. The van der Waals surface area contributed by atoms with Crippen molar-refractivity contribution in [3.05, 3.63) is 11.1 Å². The molecule has 0 saturated carbocycles. The van der Waals surface area contributed by atoms with Crippen LogP contribution in [0.4, 0.5) is 5.13 Å². The highest BCUT2D eigenvalue weighted by atomic mass is 32.1. The fraction of sp³-hybridized carbons (Fsp3) is 0.500. The van der Waals surface area contributed by atoms with Crippen LogP contribution in [0.25, 0.3) is 0 Å². The Balaban J connectivity index is 2.04. The number of thiazole rings is 1. The molecule has 0 aromatic carbocycles. The van der Waals surface area contributed by atoms with Gasteiger partial charge in [-0.1, -0.05) is 0 Å². The monoisotopic (exact) mass is 213 g/mol. The van der Waals surface area contributed by atoms with E-state index in [2.05, 4.69) is 10.3 Å². The van der Waals surface area contributed by atoms with Gasteiger partial charge in [0.2, 0.25) is 0 Å². The third-order valence-electron chi connectivity index (χ3n) is 2.09. The molecule has 14 heavy (non-hydrogen) atoms.